The van der Waals surface area contributed by atoms with Gasteiger partial charge in [0.15, 0.2) is 5.82 Å². The highest BCUT2D eigenvalue weighted by Crippen LogP contribution is 2.40. The molecule has 1 aromatic carbocycles. The number of carbonyl (C=O) groups is 2. The number of alkyl halides is 1. The molecule has 28 heavy (non-hydrogen) atoms. The number of halogens is 2. The molecule has 2 aliphatic carbocycles. The smallest absolute Gasteiger partial charge is 0.254 e. The van der Waals surface area contributed by atoms with Gasteiger partial charge in [0.25, 0.3) is 5.91 Å². The van der Waals surface area contributed by atoms with E-state index in [1.807, 2.05) is 12.1 Å². The van der Waals surface area contributed by atoms with Crippen molar-refractivity contribution < 1.29 is 18.4 Å². The van der Waals surface area contributed by atoms with E-state index in [2.05, 4.69) is 15.3 Å². The molecule has 2 atom stereocenters. The van der Waals surface area contributed by atoms with E-state index in [0.29, 0.717) is 17.9 Å². The van der Waals surface area contributed by atoms with Crippen LogP contribution in [0.25, 0.3) is 0 Å². The average Bonchev–Trinajstić information content (AvgIpc) is 3.61. The van der Waals surface area contributed by atoms with Gasteiger partial charge in [-0.2, -0.15) is 0 Å². The summed E-state index contributed by atoms with van der Waals surface area (Å²) < 4.78 is 26.2. The number of benzene rings is 1. The van der Waals surface area contributed by atoms with Gasteiger partial charge in [-0.1, -0.05) is 12.1 Å². The average molecular weight is 386 g/mol. The van der Waals surface area contributed by atoms with Crippen LogP contribution in [0.3, 0.4) is 0 Å². The highest BCUT2D eigenvalue weighted by Gasteiger charge is 2.40. The molecule has 2 aliphatic rings. The molecule has 6 nitrogen and oxygen atoms in total. The van der Waals surface area contributed by atoms with Crippen LogP contribution in [-0.2, 0) is 4.79 Å². The van der Waals surface area contributed by atoms with E-state index >= 15 is 0 Å². The van der Waals surface area contributed by atoms with Crippen molar-refractivity contribution in [1.82, 2.24) is 14.9 Å². The lowest BCUT2D eigenvalue weighted by Crippen LogP contribution is -2.39. The predicted molar refractivity (Wildman–Crippen MR) is 97.9 cm³/mol. The second kappa shape index (κ2) is 7.61. The Morgan fingerprint density at radius 2 is 1.79 bits per heavy atom. The van der Waals surface area contributed by atoms with Crippen molar-refractivity contribution in [2.45, 2.75) is 31.4 Å². The maximum absolute atomic E-state index is 13.4. The number of nitrogens with one attached hydrogen (secondary N) is 1. The van der Waals surface area contributed by atoms with Gasteiger partial charge in [-0.15, -0.1) is 0 Å². The molecule has 1 aromatic heterocycles. The molecule has 0 spiro atoms. The van der Waals surface area contributed by atoms with E-state index in [-0.39, 0.29) is 30.9 Å². The van der Waals surface area contributed by atoms with Crippen LogP contribution >= 0.6 is 0 Å². The molecule has 0 saturated heterocycles. The Labute approximate surface area is 161 Å². The standard InChI is InChI=1S/C20H20F2N4O2/c21-16-8-23-20(24-9-16)25-18(27)11-26(10-15-7-17(15)22)19(28)14-5-3-13(4-6-14)12-1-2-12/h3-6,8-9,12,15,17H,1-2,7,10-11H2,(H,23,24,25,27)/t15-,17+/m0/s1. The third-order valence-corrected chi connectivity index (χ3v) is 4.99. The van der Waals surface area contributed by atoms with Crippen molar-refractivity contribution in [1.29, 1.82) is 0 Å². The van der Waals surface area contributed by atoms with Gasteiger partial charge < -0.3 is 4.90 Å². The van der Waals surface area contributed by atoms with Gasteiger partial charge in [-0.05, 0) is 42.9 Å². The van der Waals surface area contributed by atoms with Gasteiger partial charge in [0.05, 0.1) is 12.4 Å². The SMILES string of the molecule is O=C(CN(C[C@@H]1C[C@H]1F)C(=O)c1ccc(C2CC2)cc1)Nc1ncc(F)cn1. The van der Waals surface area contributed by atoms with Crippen LogP contribution in [0.1, 0.15) is 41.1 Å². The summed E-state index contributed by atoms with van der Waals surface area (Å²) in [5.41, 5.74) is 1.67. The third kappa shape index (κ3) is 4.49. The summed E-state index contributed by atoms with van der Waals surface area (Å²) >= 11 is 0. The van der Waals surface area contributed by atoms with Gasteiger partial charge in [-0.25, -0.2) is 18.7 Å². The Kier molecular flexibility index (Phi) is 5.02. The first-order valence-corrected chi connectivity index (χ1v) is 9.30. The minimum absolute atomic E-state index is 0.0534. The molecule has 2 saturated carbocycles. The number of hydrogen-bond acceptors (Lipinski definition) is 4. The van der Waals surface area contributed by atoms with Crippen LogP contribution in [0.4, 0.5) is 14.7 Å². The molecular weight excluding hydrogens is 366 g/mol. The zero-order valence-electron chi connectivity index (χ0n) is 15.1. The second-order valence-electron chi connectivity index (χ2n) is 7.37. The summed E-state index contributed by atoms with van der Waals surface area (Å²) in [6.07, 6.45) is 3.67. The molecule has 0 bridgehead atoms. The van der Waals surface area contributed by atoms with Crippen LogP contribution in [0.5, 0.6) is 0 Å². The van der Waals surface area contributed by atoms with Crippen LogP contribution in [-0.4, -0.2) is 45.9 Å². The van der Waals surface area contributed by atoms with Crippen LogP contribution in [0.2, 0.25) is 0 Å². The molecule has 1 heterocycles. The zero-order valence-corrected chi connectivity index (χ0v) is 15.1. The van der Waals surface area contributed by atoms with Crippen molar-refractivity contribution >= 4 is 17.8 Å². The monoisotopic (exact) mass is 386 g/mol. The topological polar surface area (TPSA) is 75.2 Å². The fourth-order valence-electron chi connectivity index (χ4n) is 3.11. The first kappa shape index (κ1) is 18.5. The Morgan fingerprint density at radius 1 is 1.14 bits per heavy atom. The number of anilines is 1. The summed E-state index contributed by atoms with van der Waals surface area (Å²) in [7, 11) is 0. The fraction of sp³-hybridized carbons (Fsp3) is 0.400. The Balaban J connectivity index is 1.43. The predicted octanol–water partition coefficient (Wildman–Crippen LogP) is 2.93. The lowest BCUT2D eigenvalue weighted by molar-refractivity contribution is -0.117. The number of amides is 2. The lowest BCUT2D eigenvalue weighted by Gasteiger charge is -2.22. The quantitative estimate of drug-likeness (QED) is 0.794. The minimum Gasteiger partial charge on any atom is -0.329 e. The third-order valence-electron chi connectivity index (χ3n) is 4.99. The first-order valence-electron chi connectivity index (χ1n) is 9.30. The highest BCUT2D eigenvalue weighted by molar-refractivity contribution is 5.98. The number of hydrogen-bond donors (Lipinski definition) is 1. The van der Waals surface area contributed by atoms with Gasteiger partial charge in [0, 0.05) is 18.0 Å². The maximum Gasteiger partial charge on any atom is 0.254 e. The van der Waals surface area contributed by atoms with Gasteiger partial charge >= 0.3 is 0 Å². The molecule has 4 rings (SSSR count). The van der Waals surface area contributed by atoms with Crippen LogP contribution < -0.4 is 5.32 Å². The van der Waals surface area contributed by atoms with Crippen molar-refractivity contribution in [2.24, 2.45) is 5.92 Å². The number of rotatable bonds is 7. The zero-order chi connectivity index (χ0) is 19.7. The Hall–Kier alpha value is -2.90. The second-order valence-corrected chi connectivity index (χ2v) is 7.37. The molecule has 0 unspecified atom stereocenters. The van der Waals surface area contributed by atoms with E-state index < -0.39 is 17.9 Å². The fourth-order valence-corrected chi connectivity index (χ4v) is 3.11. The molecule has 1 N–H and O–H groups in total. The Bertz CT molecular complexity index is 869. The van der Waals surface area contributed by atoms with Gasteiger partial charge in [-0.3, -0.25) is 14.9 Å². The van der Waals surface area contributed by atoms with Crippen molar-refractivity contribution in [3.8, 4) is 0 Å². The largest absolute Gasteiger partial charge is 0.329 e. The normalized spacial score (nSPS) is 20.5. The van der Waals surface area contributed by atoms with E-state index in [1.165, 1.54) is 23.3 Å². The van der Waals surface area contributed by atoms with Gasteiger partial charge in [0.1, 0.15) is 12.7 Å². The molecule has 146 valence electrons. The van der Waals surface area contributed by atoms with Crippen LogP contribution in [0.15, 0.2) is 36.7 Å². The van der Waals surface area contributed by atoms with E-state index in [4.69, 9.17) is 0 Å². The van der Waals surface area contributed by atoms with Crippen molar-refractivity contribution in [3.63, 3.8) is 0 Å². The maximum atomic E-state index is 13.4. The summed E-state index contributed by atoms with van der Waals surface area (Å²) in [5.74, 6) is -1.18. The number of aromatic nitrogens is 2. The van der Waals surface area contributed by atoms with Crippen molar-refractivity contribution in [2.75, 3.05) is 18.4 Å². The molecule has 2 fully saturated rings. The highest BCUT2D eigenvalue weighted by atomic mass is 19.1. The lowest BCUT2D eigenvalue weighted by atomic mass is 10.1. The van der Waals surface area contributed by atoms with E-state index in [9.17, 15) is 18.4 Å². The summed E-state index contributed by atoms with van der Waals surface area (Å²) in [5, 5.41) is 2.43. The summed E-state index contributed by atoms with van der Waals surface area (Å²) in [6.45, 7) is -0.0881. The molecule has 0 aliphatic heterocycles. The van der Waals surface area contributed by atoms with E-state index in [0.717, 1.165) is 12.4 Å². The number of nitrogens with zero attached hydrogens (tertiary/aromatic N) is 3. The molecule has 8 heteroatoms. The van der Waals surface area contributed by atoms with Gasteiger partial charge in [0.2, 0.25) is 11.9 Å². The molecule has 2 amide bonds. The Morgan fingerprint density at radius 3 is 2.36 bits per heavy atom. The summed E-state index contributed by atoms with van der Waals surface area (Å²) in [6, 6.07) is 7.38. The van der Waals surface area contributed by atoms with Crippen LogP contribution in [0, 0.1) is 11.7 Å². The molecule has 0 radical (unpaired) electrons. The van der Waals surface area contributed by atoms with Crippen molar-refractivity contribution in [3.05, 3.63) is 53.6 Å². The first-order chi connectivity index (χ1) is 13.5. The summed E-state index contributed by atoms with van der Waals surface area (Å²) in [4.78, 5) is 33.9. The number of carbonyl (C=O) groups excluding carboxylic acids is 2. The minimum atomic E-state index is -0.934. The van der Waals surface area contributed by atoms with E-state index in [1.54, 1.807) is 12.1 Å². The molecular formula is C20H20F2N4O2. The molecule has 2 aromatic rings.